The average Bonchev–Trinajstić information content (AvgIpc) is 2.44. The molecule has 0 bridgehead atoms. The lowest BCUT2D eigenvalue weighted by atomic mass is 9.81. The summed E-state index contributed by atoms with van der Waals surface area (Å²) in [5.74, 6) is -0.0508. The van der Waals surface area contributed by atoms with E-state index in [2.05, 4.69) is 5.32 Å². The Morgan fingerprint density at radius 2 is 2.14 bits per heavy atom. The average molecular weight is 198 g/mol. The highest BCUT2D eigenvalue weighted by atomic mass is 16.3. The fourth-order valence-electron chi connectivity index (χ4n) is 1.97. The molecule has 1 saturated heterocycles. The molecule has 4 heteroatoms. The third-order valence-electron chi connectivity index (χ3n) is 3.01. The molecule has 4 nitrogen and oxygen atoms in total. The van der Waals surface area contributed by atoms with Crippen LogP contribution in [0, 0.1) is 23.2 Å². The predicted molar refractivity (Wildman–Crippen MR) is 52.4 cm³/mol. The number of hydrogen-bond donors (Lipinski definition) is 3. The first-order valence-electron chi connectivity index (χ1n) is 4.98. The molecule has 14 heavy (non-hydrogen) atoms. The summed E-state index contributed by atoms with van der Waals surface area (Å²) >= 11 is 0. The van der Waals surface area contributed by atoms with Crippen molar-refractivity contribution in [3.05, 3.63) is 0 Å². The van der Waals surface area contributed by atoms with Gasteiger partial charge in [0, 0.05) is 6.54 Å². The number of hydrogen-bond acceptors (Lipinski definition) is 4. The summed E-state index contributed by atoms with van der Waals surface area (Å²) in [6.45, 7) is 6.10. The van der Waals surface area contributed by atoms with Crippen LogP contribution in [0.1, 0.15) is 20.8 Å². The van der Waals surface area contributed by atoms with Gasteiger partial charge in [-0.2, -0.15) is 5.26 Å². The van der Waals surface area contributed by atoms with Crippen LogP contribution in [-0.4, -0.2) is 34.5 Å². The first-order chi connectivity index (χ1) is 6.45. The van der Waals surface area contributed by atoms with Gasteiger partial charge in [-0.25, -0.2) is 0 Å². The smallest absolute Gasteiger partial charge is 0.159 e. The molecule has 0 aromatic rings. The van der Waals surface area contributed by atoms with E-state index in [0.29, 0.717) is 6.54 Å². The minimum absolute atomic E-state index is 0.00282. The number of nitriles is 1. The maximum absolute atomic E-state index is 9.92. The minimum atomic E-state index is -1.19. The zero-order valence-electron chi connectivity index (χ0n) is 8.86. The molecule has 1 heterocycles. The lowest BCUT2D eigenvalue weighted by molar-refractivity contribution is -0.00987. The Bertz CT molecular complexity index is 249. The number of nitrogens with one attached hydrogen (secondary N) is 1. The zero-order valence-corrected chi connectivity index (χ0v) is 8.86. The van der Waals surface area contributed by atoms with Crippen molar-refractivity contribution in [3.63, 3.8) is 0 Å². The van der Waals surface area contributed by atoms with Crippen LogP contribution in [0.25, 0.3) is 0 Å². The minimum Gasteiger partial charge on any atom is -0.390 e. The molecule has 1 aliphatic heterocycles. The molecule has 0 aromatic carbocycles. The second-order valence-electron chi connectivity index (χ2n) is 4.47. The summed E-state index contributed by atoms with van der Waals surface area (Å²) in [5, 5.41) is 31.8. The van der Waals surface area contributed by atoms with Gasteiger partial charge < -0.3 is 10.2 Å². The van der Waals surface area contributed by atoms with Crippen molar-refractivity contribution in [1.29, 1.82) is 5.26 Å². The topological polar surface area (TPSA) is 76.3 Å². The van der Waals surface area contributed by atoms with Crippen LogP contribution in [0.3, 0.4) is 0 Å². The molecule has 1 aliphatic rings. The molecule has 80 valence electrons. The molecule has 0 spiro atoms. The molecule has 0 aromatic heterocycles. The zero-order chi connectivity index (χ0) is 10.9. The van der Waals surface area contributed by atoms with E-state index in [-0.39, 0.29) is 11.8 Å². The van der Waals surface area contributed by atoms with Crippen molar-refractivity contribution >= 4 is 0 Å². The molecule has 1 fully saturated rings. The molecule has 0 saturated carbocycles. The summed E-state index contributed by atoms with van der Waals surface area (Å²) in [6.07, 6.45) is -1.64. The summed E-state index contributed by atoms with van der Waals surface area (Å²) in [6, 6.07) is 2.03. The Labute approximate surface area is 84.5 Å². The first kappa shape index (κ1) is 11.4. The Morgan fingerprint density at radius 1 is 1.57 bits per heavy atom. The van der Waals surface area contributed by atoms with Gasteiger partial charge in [0.05, 0.1) is 18.3 Å². The van der Waals surface area contributed by atoms with E-state index in [0.717, 1.165) is 0 Å². The molecule has 4 atom stereocenters. The van der Waals surface area contributed by atoms with E-state index < -0.39 is 17.7 Å². The third-order valence-corrected chi connectivity index (χ3v) is 3.01. The monoisotopic (exact) mass is 198 g/mol. The van der Waals surface area contributed by atoms with Gasteiger partial charge in [-0.05, 0) is 11.8 Å². The van der Waals surface area contributed by atoms with Gasteiger partial charge in [0.2, 0.25) is 0 Å². The van der Waals surface area contributed by atoms with Crippen LogP contribution < -0.4 is 5.32 Å². The van der Waals surface area contributed by atoms with E-state index in [1.165, 1.54) is 0 Å². The quantitative estimate of drug-likeness (QED) is 0.577. The van der Waals surface area contributed by atoms with E-state index in [9.17, 15) is 10.2 Å². The molecule has 1 rings (SSSR count). The molecule has 0 aliphatic carbocycles. The summed E-state index contributed by atoms with van der Waals surface area (Å²) < 4.78 is 0. The predicted octanol–water partition coefficient (Wildman–Crippen LogP) is -0.134. The highest BCUT2D eigenvalue weighted by molar-refractivity contribution is 5.21. The highest BCUT2D eigenvalue weighted by Gasteiger charge is 2.52. The van der Waals surface area contributed by atoms with Gasteiger partial charge in [-0.1, -0.05) is 20.8 Å². The number of nitrogens with zero attached hydrogens (tertiary/aromatic N) is 1. The Balaban J connectivity index is 2.94. The fourth-order valence-corrected chi connectivity index (χ4v) is 1.97. The molecule has 3 N–H and O–H groups in total. The number of aliphatic hydroxyl groups is 2. The normalized spacial score (nSPS) is 39.8. The summed E-state index contributed by atoms with van der Waals surface area (Å²) in [4.78, 5) is 0. The lowest BCUT2D eigenvalue weighted by Gasteiger charge is -2.33. The van der Waals surface area contributed by atoms with Crippen LogP contribution in [0.4, 0.5) is 0 Å². The molecule has 0 radical (unpaired) electrons. The van der Waals surface area contributed by atoms with Crippen molar-refractivity contribution < 1.29 is 10.2 Å². The Kier molecular flexibility index (Phi) is 3.15. The van der Waals surface area contributed by atoms with Crippen LogP contribution in [0.5, 0.6) is 0 Å². The van der Waals surface area contributed by atoms with Gasteiger partial charge >= 0.3 is 0 Å². The maximum atomic E-state index is 9.92. The van der Waals surface area contributed by atoms with Gasteiger partial charge in [0.25, 0.3) is 0 Å². The van der Waals surface area contributed by atoms with Gasteiger partial charge in [-0.15, -0.1) is 0 Å². The van der Waals surface area contributed by atoms with Crippen molar-refractivity contribution in [2.24, 2.45) is 11.8 Å². The van der Waals surface area contributed by atoms with Crippen LogP contribution >= 0.6 is 0 Å². The van der Waals surface area contributed by atoms with E-state index in [4.69, 9.17) is 5.26 Å². The van der Waals surface area contributed by atoms with Crippen molar-refractivity contribution in [1.82, 2.24) is 5.32 Å². The second-order valence-corrected chi connectivity index (χ2v) is 4.47. The Hall–Kier alpha value is -0.630. The number of rotatable bonds is 2. The second kappa shape index (κ2) is 3.85. The molecular weight excluding hydrogens is 180 g/mol. The third kappa shape index (κ3) is 1.52. The summed E-state index contributed by atoms with van der Waals surface area (Å²) in [7, 11) is 0. The molecule has 0 unspecified atom stereocenters. The van der Waals surface area contributed by atoms with Crippen LogP contribution in [-0.2, 0) is 0 Å². The molecule has 0 amide bonds. The van der Waals surface area contributed by atoms with Crippen molar-refractivity contribution in [2.45, 2.75) is 38.5 Å². The van der Waals surface area contributed by atoms with Crippen LogP contribution in [0.2, 0.25) is 0 Å². The highest BCUT2D eigenvalue weighted by Crippen LogP contribution is 2.30. The SMILES string of the molecule is CC(C)[C@H](O)[C@@]1(C#N)NC[C@H](C)[C@@H]1O. The van der Waals surface area contributed by atoms with Crippen LogP contribution in [0.15, 0.2) is 0 Å². The van der Waals surface area contributed by atoms with Gasteiger partial charge in [-0.3, -0.25) is 5.32 Å². The first-order valence-corrected chi connectivity index (χ1v) is 4.98. The van der Waals surface area contributed by atoms with Crippen molar-refractivity contribution in [2.75, 3.05) is 6.54 Å². The Morgan fingerprint density at radius 3 is 2.43 bits per heavy atom. The lowest BCUT2D eigenvalue weighted by Crippen LogP contribution is -2.58. The van der Waals surface area contributed by atoms with Gasteiger partial charge in [0.1, 0.15) is 0 Å². The van der Waals surface area contributed by atoms with E-state index in [1.54, 1.807) is 0 Å². The van der Waals surface area contributed by atoms with E-state index in [1.807, 2.05) is 26.8 Å². The molecular formula is C10H18N2O2. The standard InChI is InChI=1S/C10H18N2O2/c1-6(2)8(13)10(5-11)9(14)7(3)4-12-10/h6-9,12-14H,4H2,1-3H3/t7-,8-,9-,10+/m0/s1. The largest absolute Gasteiger partial charge is 0.390 e. The van der Waals surface area contributed by atoms with E-state index >= 15 is 0 Å². The summed E-state index contributed by atoms with van der Waals surface area (Å²) in [5.41, 5.74) is -1.19. The van der Waals surface area contributed by atoms with Crippen molar-refractivity contribution in [3.8, 4) is 6.07 Å². The fraction of sp³-hybridized carbons (Fsp3) is 0.900. The maximum Gasteiger partial charge on any atom is 0.159 e. The van der Waals surface area contributed by atoms with Gasteiger partial charge in [0.15, 0.2) is 5.54 Å². The number of aliphatic hydroxyl groups excluding tert-OH is 2.